The zero-order valence-corrected chi connectivity index (χ0v) is 12.0. The van der Waals surface area contributed by atoms with Crippen LogP contribution in [0.15, 0.2) is 16.6 Å². The SMILES string of the molecule is Cc1cc(Cl)cc(Br)c1N1CC(C(=O)O)CC1=O. The molecule has 1 heterocycles. The molecule has 1 aliphatic heterocycles. The van der Waals surface area contributed by atoms with E-state index in [2.05, 4.69) is 15.9 Å². The van der Waals surface area contributed by atoms with Gasteiger partial charge in [-0.1, -0.05) is 11.6 Å². The second-order valence-electron chi connectivity index (χ2n) is 4.30. The molecule has 0 saturated carbocycles. The predicted molar refractivity (Wildman–Crippen MR) is 72.0 cm³/mol. The van der Waals surface area contributed by atoms with Crippen LogP contribution in [-0.2, 0) is 9.59 Å². The van der Waals surface area contributed by atoms with Crippen LogP contribution < -0.4 is 4.90 Å². The number of hydrogen-bond donors (Lipinski definition) is 1. The van der Waals surface area contributed by atoms with E-state index < -0.39 is 11.9 Å². The van der Waals surface area contributed by atoms with Crippen molar-refractivity contribution in [3.8, 4) is 0 Å². The van der Waals surface area contributed by atoms with E-state index in [-0.39, 0.29) is 18.9 Å². The zero-order chi connectivity index (χ0) is 13.4. The fraction of sp³-hybridized carbons (Fsp3) is 0.333. The van der Waals surface area contributed by atoms with Crippen molar-refractivity contribution in [2.75, 3.05) is 11.4 Å². The van der Waals surface area contributed by atoms with Gasteiger partial charge < -0.3 is 10.0 Å². The van der Waals surface area contributed by atoms with Crippen molar-refractivity contribution in [3.63, 3.8) is 0 Å². The van der Waals surface area contributed by atoms with Crippen LogP contribution in [0.3, 0.4) is 0 Å². The van der Waals surface area contributed by atoms with Crippen molar-refractivity contribution in [3.05, 3.63) is 27.2 Å². The van der Waals surface area contributed by atoms with Gasteiger partial charge in [0.1, 0.15) is 0 Å². The number of carbonyl (C=O) groups is 2. The third-order valence-electron chi connectivity index (χ3n) is 2.96. The molecule has 1 aromatic rings. The summed E-state index contributed by atoms with van der Waals surface area (Å²) >= 11 is 9.28. The average molecular weight is 333 g/mol. The highest BCUT2D eigenvalue weighted by Gasteiger charge is 2.36. The number of rotatable bonds is 2. The molecule has 1 unspecified atom stereocenters. The molecule has 1 atom stereocenters. The van der Waals surface area contributed by atoms with Crippen LogP contribution in [0.1, 0.15) is 12.0 Å². The lowest BCUT2D eigenvalue weighted by Gasteiger charge is -2.20. The average Bonchev–Trinajstić information content (AvgIpc) is 2.59. The second-order valence-corrected chi connectivity index (χ2v) is 5.59. The van der Waals surface area contributed by atoms with Gasteiger partial charge in [0.05, 0.1) is 11.6 Å². The third-order valence-corrected chi connectivity index (χ3v) is 3.79. The number of amides is 1. The Hall–Kier alpha value is -1.07. The number of carboxylic acid groups (broad SMARTS) is 1. The molecule has 1 saturated heterocycles. The Balaban J connectivity index is 2.39. The third kappa shape index (κ3) is 2.37. The van der Waals surface area contributed by atoms with Gasteiger partial charge in [-0.25, -0.2) is 0 Å². The highest BCUT2D eigenvalue weighted by molar-refractivity contribution is 9.10. The van der Waals surface area contributed by atoms with Crippen LogP contribution in [0.2, 0.25) is 5.02 Å². The van der Waals surface area contributed by atoms with E-state index in [9.17, 15) is 9.59 Å². The predicted octanol–water partition coefficient (Wildman–Crippen LogP) is 2.85. The summed E-state index contributed by atoms with van der Waals surface area (Å²) in [6, 6.07) is 3.45. The minimum absolute atomic E-state index is 0.0455. The Morgan fingerprint density at radius 2 is 2.22 bits per heavy atom. The molecule has 0 radical (unpaired) electrons. The van der Waals surface area contributed by atoms with Crippen LogP contribution in [0.5, 0.6) is 0 Å². The summed E-state index contributed by atoms with van der Waals surface area (Å²) in [7, 11) is 0. The minimum atomic E-state index is -0.936. The summed E-state index contributed by atoms with van der Waals surface area (Å²) in [5, 5.41) is 9.54. The largest absolute Gasteiger partial charge is 0.481 e. The Kier molecular flexibility index (Phi) is 3.64. The zero-order valence-electron chi connectivity index (χ0n) is 9.61. The lowest BCUT2D eigenvalue weighted by Crippen LogP contribution is -2.26. The van der Waals surface area contributed by atoms with Crippen LogP contribution in [0, 0.1) is 12.8 Å². The number of hydrogen-bond acceptors (Lipinski definition) is 2. The van der Waals surface area contributed by atoms with Gasteiger partial charge in [0, 0.05) is 22.5 Å². The Bertz CT molecular complexity index is 509. The summed E-state index contributed by atoms with van der Waals surface area (Å²) in [4.78, 5) is 24.3. The van der Waals surface area contributed by atoms with Gasteiger partial charge in [-0.2, -0.15) is 0 Å². The lowest BCUT2D eigenvalue weighted by molar-refractivity contribution is -0.141. The highest BCUT2D eigenvalue weighted by atomic mass is 79.9. The molecule has 0 aromatic heterocycles. The number of nitrogens with zero attached hydrogens (tertiary/aromatic N) is 1. The quantitative estimate of drug-likeness (QED) is 0.906. The molecule has 1 aliphatic rings. The molecular formula is C12H11BrClNO3. The summed E-state index contributed by atoms with van der Waals surface area (Å²) in [5.74, 6) is -1.75. The molecule has 2 rings (SSSR count). The molecule has 6 heteroatoms. The first-order valence-corrected chi connectivity index (χ1v) is 6.56. The lowest BCUT2D eigenvalue weighted by atomic mass is 10.1. The first-order valence-electron chi connectivity index (χ1n) is 5.39. The van der Waals surface area contributed by atoms with E-state index in [0.717, 1.165) is 5.56 Å². The smallest absolute Gasteiger partial charge is 0.308 e. The van der Waals surface area contributed by atoms with Crippen LogP contribution in [0.4, 0.5) is 5.69 Å². The second kappa shape index (κ2) is 4.90. The number of carboxylic acids is 1. The van der Waals surface area contributed by atoms with Crippen molar-refractivity contribution in [2.45, 2.75) is 13.3 Å². The van der Waals surface area contributed by atoms with Gasteiger partial charge in [-0.05, 0) is 40.5 Å². The summed E-state index contributed by atoms with van der Waals surface area (Å²) < 4.78 is 0.701. The molecule has 4 nitrogen and oxygen atoms in total. The van der Waals surface area contributed by atoms with E-state index in [1.165, 1.54) is 4.90 Å². The molecule has 1 aromatic carbocycles. The minimum Gasteiger partial charge on any atom is -0.481 e. The van der Waals surface area contributed by atoms with E-state index in [1.54, 1.807) is 12.1 Å². The fourth-order valence-corrected chi connectivity index (χ4v) is 3.30. The summed E-state index contributed by atoms with van der Waals surface area (Å²) in [6.45, 7) is 2.04. The number of carbonyl (C=O) groups excluding carboxylic acids is 1. The topological polar surface area (TPSA) is 57.6 Å². The van der Waals surface area contributed by atoms with E-state index in [1.807, 2.05) is 6.92 Å². The fourth-order valence-electron chi connectivity index (χ4n) is 2.13. The van der Waals surface area contributed by atoms with Crippen molar-refractivity contribution >= 4 is 45.1 Å². The number of halogens is 2. The van der Waals surface area contributed by atoms with Crippen molar-refractivity contribution in [1.29, 1.82) is 0 Å². The standard InChI is InChI=1S/C12H11BrClNO3/c1-6-2-8(14)4-9(13)11(6)15-5-7(12(17)18)3-10(15)16/h2,4,7H,3,5H2,1H3,(H,17,18). The maximum Gasteiger partial charge on any atom is 0.308 e. The molecule has 1 amide bonds. The first kappa shape index (κ1) is 13.4. The molecule has 1 N–H and O–H groups in total. The molecular weight excluding hydrogens is 321 g/mol. The van der Waals surface area contributed by atoms with E-state index in [0.29, 0.717) is 15.2 Å². The van der Waals surface area contributed by atoms with Crippen LogP contribution in [-0.4, -0.2) is 23.5 Å². The Morgan fingerprint density at radius 1 is 1.56 bits per heavy atom. The molecule has 96 valence electrons. The Labute approximate surface area is 118 Å². The maximum absolute atomic E-state index is 11.9. The first-order chi connectivity index (χ1) is 8.40. The van der Waals surface area contributed by atoms with Gasteiger partial charge in [-0.15, -0.1) is 0 Å². The van der Waals surface area contributed by atoms with Crippen molar-refractivity contribution < 1.29 is 14.7 Å². The Morgan fingerprint density at radius 3 is 2.72 bits per heavy atom. The van der Waals surface area contributed by atoms with Gasteiger partial charge in [0.2, 0.25) is 5.91 Å². The van der Waals surface area contributed by atoms with Gasteiger partial charge >= 0.3 is 5.97 Å². The number of benzene rings is 1. The maximum atomic E-state index is 11.9. The summed E-state index contributed by atoms with van der Waals surface area (Å²) in [5.41, 5.74) is 1.54. The molecule has 0 bridgehead atoms. The highest BCUT2D eigenvalue weighted by Crippen LogP contribution is 2.36. The van der Waals surface area contributed by atoms with E-state index in [4.69, 9.17) is 16.7 Å². The van der Waals surface area contributed by atoms with Gasteiger partial charge in [0.15, 0.2) is 0 Å². The number of aliphatic carboxylic acids is 1. The van der Waals surface area contributed by atoms with Crippen LogP contribution in [0.25, 0.3) is 0 Å². The normalized spacial score (nSPS) is 19.4. The van der Waals surface area contributed by atoms with Crippen molar-refractivity contribution in [2.24, 2.45) is 5.92 Å². The van der Waals surface area contributed by atoms with Gasteiger partial charge in [0.25, 0.3) is 0 Å². The van der Waals surface area contributed by atoms with Gasteiger partial charge in [-0.3, -0.25) is 9.59 Å². The molecule has 0 aliphatic carbocycles. The van der Waals surface area contributed by atoms with Crippen LogP contribution >= 0.6 is 27.5 Å². The number of aryl methyl sites for hydroxylation is 1. The molecule has 18 heavy (non-hydrogen) atoms. The van der Waals surface area contributed by atoms with Crippen molar-refractivity contribution in [1.82, 2.24) is 0 Å². The summed E-state index contributed by atoms with van der Waals surface area (Å²) in [6.07, 6.45) is 0.0455. The monoisotopic (exact) mass is 331 g/mol. The number of anilines is 1. The molecule has 0 spiro atoms. The molecule has 1 fully saturated rings. The van der Waals surface area contributed by atoms with E-state index >= 15 is 0 Å².